The maximum Gasteiger partial charge on any atom is 0.0316 e. The molecule has 2 heteroatoms. The first kappa shape index (κ1) is 38.3. The third-order valence-electron chi connectivity index (χ3n) is 10.7. The molecule has 0 aliphatic heterocycles. The van der Waals surface area contributed by atoms with E-state index in [2.05, 4.69) is 113 Å². The van der Waals surface area contributed by atoms with Crippen LogP contribution in [-0.4, -0.2) is 0 Å². The van der Waals surface area contributed by atoms with Gasteiger partial charge in [0.15, 0.2) is 0 Å². The smallest absolute Gasteiger partial charge is 0.0316 e. The Labute approximate surface area is 300 Å². The van der Waals surface area contributed by atoms with Gasteiger partial charge in [-0.1, -0.05) is 152 Å². The zero-order chi connectivity index (χ0) is 34.8. The van der Waals surface area contributed by atoms with Crippen LogP contribution in [0.1, 0.15) is 167 Å². The average Bonchev–Trinajstić information content (AvgIpc) is 3.09. The summed E-state index contributed by atoms with van der Waals surface area (Å²) >= 11 is 0. The fraction of sp³-hybridized carbons (Fsp3) is 0.489. The van der Waals surface area contributed by atoms with Crippen LogP contribution in [0, 0.1) is 13.8 Å². The number of anilines is 2. The molecule has 4 rings (SSSR count). The molecule has 0 saturated heterocycles. The van der Waals surface area contributed by atoms with Gasteiger partial charge in [-0.3, -0.25) is 0 Å². The first-order valence-electron chi connectivity index (χ1n) is 19.8. The molecule has 0 fully saturated rings. The molecule has 0 heterocycles. The van der Waals surface area contributed by atoms with Gasteiger partial charge in [0.2, 0.25) is 0 Å². The minimum absolute atomic E-state index is 0.432. The van der Waals surface area contributed by atoms with Gasteiger partial charge in [-0.2, -0.15) is 0 Å². The molecule has 0 saturated carbocycles. The largest absolute Gasteiger partial charge is 0.399 e. The summed E-state index contributed by atoms with van der Waals surface area (Å²) in [4.78, 5) is 0. The highest BCUT2D eigenvalue weighted by Crippen LogP contribution is 2.35. The van der Waals surface area contributed by atoms with Crippen molar-refractivity contribution in [2.45, 2.75) is 149 Å². The third kappa shape index (κ3) is 12.4. The molecule has 0 aromatic heterocycles. The van der Waals surface area contributed by atoms with Crippen LogP contribution in [0.4, 0.5) is 11.4 Å². The SMILES string of the molecule is CCCCCCCCC(c1ccc(CCCc2ccc(C(CCCCCCCC)c3ccc(N)cc3C)cc2)cc1)c1ccc(N)cc1C. The van der Waals surface area contributed by atoms with Crippen LogP contribution < -0.4 is 11.5 Å². The van der Waals surface area contributed by atoms with E-state index >= 15 is 0 Å². The first-order valence-corrected chi connectivity index (χ1v) is 19.8. The summed E-state index contributed by atoms with van der Waals surface area (Å²) < 4.78 is 0. The van der Waals surface area contributed by atoms with Crippen LogP contribution in [0.3, 0.4) is 0 Å². The van der Waals surface area contributed by atoms with E-state index in [4.69, 9.17) is 11.5 Å². The lowest BCUT2D eigenvalue weighted by molar-refractivity contribution is 0.567. The summed E-state index contributed by atoms with van der Waals surface area (Å²) in [5.41, 5.74) is 25.2. The van der Waals surface area contributed by atoms with Crippen LogP contribution in [0.25, 0.3) is 0 Å². The Balaban J connectivity index is 1.35. The molecular weight excluding hydrogens is 593 g/mol. The Morgan fingerprint density at radius 2 is 0.796 bits per heavy atom. The zero-order valence-electron chi connectivity index (χ0n) is 31.4. The van der Waals surface area contributed by atoms with Gasteiger partial charge in [0.25, 0.3) is 0 Å². The molecule has 4 N–H and O–H groups in total. The van der Waals surface area contributed by atoms with Crippen molar-refractivity contribution in [2.75, 3.05) is 11.5 Å². The molecule has 0 aliphatic carbocycles. The Kier molecular flexibility index (Phi) is 16.3. The number of hydrogen-bond donors (Lipinski definition) is 2. The average molecular weight is 659 g/mol. The van der Waals surface area contributed by atoms with E-state index in [1.807, 2.05) is 0 Å². The van der Waals surface area contributed by atoms with Crippen molar-refractivity contribution >= 4 is 11.4 Å². The molecular formula is C47H66N2. The highest BCUT2D eigenvalue weighted by Gasteiger charge is 2.18. The molecule has 2 unspecified atom stereocenters. The molecule has 0 radical (unpaired) electrons. The van der Waals surface area contributed by atoms with E-state index in [0.717, 1.165) is 30.6 Å². The van der Waals surface area contributed by atoms with Gasteiger partial charge < -0.3 is 11.5 Å². The van der Waals surface area contributed by atoms with Gasteiger partial charge in [-0.05, 0) is 115 Å². The molecule has 0 amide bonds. The summed E-state index contributed by atoms with van der Waals surface area (Å²) in [6, 6.07) is 32.0. The van der Waals surface area contributed by atoms with Crippen LogP contribution in [0.15, 0.2) is 84.9 Å². The molecule has 4 aromatic carbocycles. The number of unbranched alkanes of at least 4 members (excludes halogenated alkanes) is 10. The second-order valence-corrected chi connectivity index (χ2v) is 14.8. The van der Waals surface area contributed by atoms with Gasteiger partial charge >= 0.3 is 0 Å². The summed E-state index contributed by atoms with van der Waals surface area (Å²) in [5, 5.41) is 0. The van der Waals surface area contributed by atoms with Crippen LogP contribution in [0.2, 0.25) is 0 Å². The summed E-state index contributed by atoms with van der Waals surface area (Å²) in [6.07, 6.45) is 21.7. The number of hydrogen-bond acceptors (Lipinski definition) is 2. The van der Waals surface area contributed by atoms with Crippen molar-refractivity contribution in [1.82, 2.24) is 0 Å². The fourth-order valence-electron chi connectivity index (χ4n) is 7.77. The quantitative estimate of drug-likeness (QED) is 0.0652. The van der Waals surface area contributed by atoms with Gasteiger partial charge in [-0.25, -0.2) is 0 Å². The lowest BCUT2D eigenvalue weighted by Crippen LogP contribution is -2.05. The minimum Gasteiger partial charge on any atom is -0.399 e. The van der Waals surface area contributed by atoms with Gasteiger partial charge in [0.1, 0.15) is 0 Å². The number of nitrogens with two attached hydrogens (primary N) is 2. The summed E-state index contributed by atoms with van der Waals surface area (Å²) in [7, 11) is 0. The van der Waals surface area contributed by atoms with E-state index in [-0.39, 0.29) is 0 Å². The van der Waals surface area contributed by atoms with Gasteiger partial charge in [-0.15, -0.1) is 0 Å². The lowest BCUT2D eigenvalue weighted by Gasteiger charge is -2.21. The predicted molar refractivity (Wildman–Crippen MR) is 216 cm³/mol. The number of nitrogen functional groups attached to an aromatic ring is 2. The number of aryl methyl sites for hydroxylation is 4. The summed E-state index contributed by atoms with van der Waals surface area (Å²) in [5.74, 6) is 0.863. The third-order valence-corrected chi connectivity index (χ3v) is 10.7. The highest BCUT2D eigenvalue weighted by molar-refractivity contribution is 5.49. The standard InChI is InChI=1S/C47H66N2/c1-5-7-9-11-13-15-20-46(44-32-30-42(48)34-36(44)3)40-26-22-38(23-27-40)18-17-19-39-24-28-41(29-25-39)47(21-16-14-12-10-8-6-2)45-33-31-43(49)35-37(45)4/h22-35,46-47H,5-21,48-49H2,1-4H3. The van der Waals surface area contributed by atoms with Crippen LogP contribution in [0.5, 0.6) is 0 Å². The predicted octanol–water partition coefficient (Wildman–Crippen LogP) is 13.4. The van der Waals surface area contributed by atoms with E-state index in [1.54, 1.807) is 0 Å². The maximum absolute atomic E-state index is 6.13. The molecule has 0 spiro atoms. The van der Waals surface area contributed by atoms with E-state index in [0.29, 0.717) is 11.8 Å². The molecule has 264 valence electrons. The Morgan fingerprint density at radius 3 is 1.16 bits per heavy atom. The van der Waals surface area contributed by atoms with Crippen molar-refractivity contribution in [1.29, 1.82) is 0 Å². The van der Waals surface area contributed by atoms with E-state index in [9.17, 15) is 0 Å². The second kappa shape index (κ2) is 20.9. The normalized spacial score (nSPS) is 12.7. The molecule has 2 nitrogen and oxygen atoms in total. The zero-order valence-corrected chi connectivity index (χ0v) is 31.4. The van der Waals surface area contributed by atoms with Crippen molar-refractivity contribution in [3.8, 4) is 0 Å². The molecule has 0 bridgehead atoms. The Bertz CT molecular complexity index is 1390. The highest BCUT2D eigenvalue weighted by atomic mass is 14.5. The van der Waals surface area contributed by atoms with E-state index in [1.165, 1.54) is 134 Å². The van der Waals surface area contributed by atoms with Gasteiger partial charge in [0.05, 0.1) is 0 Å². The van der Waals surface area contributed by atoms with E-state index < -0.39 is 0 Å². The molecule has 0 aliphatic rings. The maximum atomic E-state index is 6.13. The van der Waals surface area contributed by atoms with Crippen LogP contribution in [-0.2, 0) is 12.8 Å². The Hall–Kier alpha value is -3.52. The lowest BCUT2D eigenvalue weighted by atomic mass is 9.83. The van der Waals surface area contributed by atoms with Gasteiger partial charge in [0, 0.05) is 23.2 Å². The molecule has 49 heavy (non-hydrogen) atoms. The monoisotopic (exact) mass is 659 g/mol. The second-order valence-electron chi connectivity index (χ2n) is 14.8. The molecule has 4 aromatic rings. The van der Waals surface area contributed by atoms with Crippen molar-refractivity contribution in [2.24, 2.45) is 0 Å². The number of benzene rings is 4. The van der Waals surface area contributed by atoms with Crippen LogP contribution >= 0.6 is 0 Å². The summed E-state index contributed by atoms with van der Waals surface area (Å²) in [6.45, 7) is 9.02. The minimum atomic E-state index is 0.432. The topological polar surface area (TPSA) is 52.0 Å². The number of rotatable bonds is 22. The Morgan fingerprint density at radius 1 is 0.429 bits per heavy atom. The van der Waals surface area contributed by atoms with Crippen molar-refractivity contribution < 1.29 is 0 Å². The molecule has 2 atom stereocenters. The fourth-order valence-corrected chi connectivity index (χ4v) is 7.77. The first-order chi connectivity index (χ1) is 23.9. The van der Waals surface area contributed by atoms with Crippen molar-refractivity contribution in [3.63, 3.8) is 0 Å². The van der Waals surface area contributed by atoms with Crippen molar-refractivity contribution in [3.05, 3.63) is 129 Å².